The zero-order chi connectivity index (χ0) is 42.1. The molecule has 0 fully saturated rings. The summed E-state index contributed by atoms with van der Waals surface area (Å²) in [6, 6.07) is 38.0. The number of hydrogen-bond donors (Lipinski definition) is 0. The Morgan fingerprint density at radius 1 is 0.267 bits per heavy atom. The van der Waals surface area contributed by atoms with Gasteiger partial charge in [-0.1, -0.05) is 153 Å². The number of aromatic nitrogens is 3. The molecule has 0 spiro atoms. The van der Waals surface area contributed by atoms with Crippen molar-refractivity contribution in [2.24, 2.45) is 0 Å². The van der Waals surface area contributed by atoms with Gasteiger partial charge in [-0.3, -0.25) is 0 Å². The molecule has 0 aliphatic rings. The first kappa shape index (κ1) is 39.5. The summed E-state index contributed by atoms with van der Waals surface area (Å²) >= 11 is 0. The molecule has 0 saturated carbocycles. The van der Waals surface area contributed by atoms with E-state index in [1.165, 1.54) is 71.3 Å². The minimum Gasteiger partial charge on any atom is -0.456 e. The van der Waals surface area contributed by atoms with Crippen molar-refractivity contribution in [2.75, 3.05) is 0 Å². The zero-order valence-electron chi connectivity index (χ0n) is 36.6. The van der Waals surface area contributed by atoms with Crippen LogP contribution in [-0.4, -0.2) is 101 Å². The van der Waals surface area contributed by atoms with Gasteiger partial charge in [0.05, 0.1) is 0 Å². The van der Waals surface area contributed by atoms with Crippen LogP contribution >= 0.6 is 0 Å². The van der Waals surface area contributed by atoms with E-state index in [4.69, 9.17) is 19.4 Å². The third-order valence-electron chi connectivity index (χ3n) is 13.6. The van der Waals surface area contributed by atoms with Crippen LogP contribution in [0.3, 0.4) is 0 Å². The molecular formula is C45H40B11N3O. The van der Waals surface area contributed by atoms with Crippen LogP contribution in [0.25, 0.3) is 89.5 Å². The fourth-order valence-corrected chi connectivity index (χ4v) is 9.32. The third-order valence-corrected chi connectivity index (χ3v) is 13.6. The highest BCUT2D eigenvalue weighted by molar-refractivity contribution is 6.71. The zero-order valence-corrected chi connectivity index (χ0v) is 36.6. The van der Waals surface area contributed by atoms with Crippen molar-refractivity contribution in [3.63, 3.8) is 0 Å². The molecule has 0 saturated heterocycles. The Balaban J connectivity index is 1.23. The first-order chi connectivity index (χ1) is 28.8. The molecule has 9 aromatic rings. The molecule has 274 valence electrons. The van der Waals surface area contributed by atoms with Gasteiger partial charge < -0.3 is 4.42 Å². The molecule has 0 atom stereocenters. The predicted octanol–water partition coefficient (Wildman–Crippen LogP) is -7.38. The van der Waals surface area contributed by atoms with Crippen LogP contribution in [0.1, 0.15) is 0 Å². The average molecular weight is 758 g/mol. The van der Waals surface area contributed by atoms with E-state index in [1.54, 1.807) is 0 Å². The van der Waals surface area contributed by atoms with Gasteiger partial charge in [0.2, 0.25) is 0 Å². The van der Waals surface area contributed by atoms with Crippen LogP contribution in [-0.2, 0) is 0 Å². The fourth-order valence-electron chi connectivity index (χ4n) is 9.32. The minimum absolute atomic E-state index is 0.638. The Morgan fingerprint density at radius 3 is 1.13 bits per heavy atom. The lowest BCUT2D eigenvalue weighted by molar-refractivity contribution is 0.673. The van der Waals surface area contributed by atoms with Gasteiger partial charge in [-0.2, -0.15) is 0 Å². The van der Waals surface area contributed by atoms with E-state index in [0.29, 0.717) is 17.5 Å². The maximum Gasteiger partial charge on any atom is 0.164 e. The topological polar surface area (TPSA) is 51.8 Å². The van der Waals surface area contributed by atoms with Crippen molar-refractivity contribution in [3.05, 3.63) is 109 Å². The van der Waals surface area contributed by atoms with E-state index >= 15 is 0 Å². The number of hydrogen-bond acceptors (Lipinski definition) is 4. The second-order valence-electron chi connectivity index (χ2n) is 16.7. The van der Waals surface area contributed by atoms with Crippen molar-refractivity contribution in [3.8, 4) is 67.5 Å². The molecule has 0 amide bonds. The standard InChI is InChI=1S/C45H40B11N3O/c46-30-27-28-34(50)36(52)33(49)26(25-31(47)37(53)39(55)38(54)32(25)48)41(28)60-42(27)40(56)35(51)29(30)45-58-43(23-9-5-2-6-10-23)57-44(59-45)24-17-15-22(16-18-24)21-13-11-20(12-14-21)19-7-3-1-4-8-19/h1-18H,46-56H2. The molecule has 0 radical (unpaired) electrons. The van der Waals surface area contributed by atoms with Gasteiger partial charge in [0.1, 0.15) is 97.5 Å². The summed E-state index contributed by atoms with van der Waals surface area (Å²) < 4.78 is 7.17. The quantitative estimate of drug-likeness (QED) is 0.159. The van der Waals surface area contributed by atoms with Crippen molar-refractivity contribution in [1.82, 2.24) is 15.0 Å². The molecule has 0 aliphatic heterocycles. The van der Waals surface area contributed by atoms with Gasteiger partial charge in [0.15, 0.2) is 17.5 Å². The summed E-state index contributed by atoms with van der Waals surface area (Å²) in [5.41, 5.74) is 25.8. The highest BCUT2D eigenvalue weighted by Gasteiger charge is 2.27. The molecule has 0 unspecified atom stereocenters. The van der Waals surface area contributed by atoms with Crippen LogP contribution < -0.4 is 60.1 Å². The summed E-state index contributed by atoms with van der Waals surface area (Å²) in [7, 11) is 24.6. The smallest absolute Gasteiger partial charge is 0.164 e. The molecule has 60 heavy (non-hydrogen) atoms. The largest absolute Gasteiger partial charge is 0.456 e. The molecule has 9 rings (SSSR count). The molecule has 7 aromatic carbocycles. The van der Waals surface area contributed by atoms with E-state index in [-0.39, 0.29) is 0 Å². The van der Waals surface area contributed by atoms with E-state index in [2.05, 4.69) is 171 Å². The number of rotatable bonds is 6. The Morgan fingerprint density at radius 2 is 0.617 bits per heavy atom. The van der Waals surface area contributed by atoms with Gasteiger partial charge in [0, 0.05) is 33.0 Å². The molecule has 2 heterocycles. The van der Waals surface area contributed by atoms with Crippen molar-refractivity contribution in [2.45, 2.75) is 0 Å². The van der Waals surface area contributed by atoms with Crippen LogP contribution in [0, 0.1) is 0 Å². The Bertz CT molecular complexity index is 3170. The van der Waals surface area contributed by atoms with Crippen LogP contribution in [0.4, 0.5) is 0 Å². The first-order valence-corrected chi connectivity index (χ1v) is 21.0. The molecule has 4 nitrogen and oxygen atoms in total. The number of benzene rings is 7. The molecule has 15 heteroatoms. The minimum atomic E-state index is 0.638. The summed E-state index contributed by atoms with van der Waals surface area (Å²) in [5, 5.41) is 2.30. The molecule has 2 aromatic heterocycles. The number of nitrogens with zero attached hydrogens (tertiary/aromatic N) is 3. The van der Waals surface area contributed by atoms with Crippen LogP contribution in [0.15, 0.2) is 114 Å². The van der Waals surface area contributed by atoms with Gasteiger partial charge in [-0.25, -0.2) is 15.0 Å². The maximum atomic E-state index is 7.17. The lowest BCUT2D eigenvalue weighted by atomic mass is 9.58. The average Bonchev–Trinajstić information content (AvgIpc) is 3.69. The van der Waals surface area contributed by atoms with E-state index in [1.807, 2.05) is 24.3 Å². The highest BCUT2D eigenvalue weighted by atomic mass is 16.3. The number of fused-ring (bicyclic) bond motifs is 3. The van der Waals surface area contributed by atoms with Crippen LogP contribution in [0.5, 0.6) is 0 Å². The van der Waals surface area contributed by atoms with Crippen molar-refractivity contribution in [1.29, 1.82) is 0 Å². The van der Waals surface area contributed by atoms with Crippen molar-refractivity contribution < 1.29 is 4.42 Å². The van der Waals surface area contributed by atoms with Crippen molar-refractivity contribution >= 4 is 168 Å². The third kappa shape index (κ3) is 6.36. The van der Waals surface area contributed by atoms with Gasteiger partial charge in [0.25, 0.3) is 0 Å². The number of furan rings is 1. The highest BCUT2D eigenvalue weighted by Crippen LogP contribution is 2.33. The maximum absolute atomic E-state index is 7.17. The van der Waals surface area contributed by atoms with Gasteiger partial charge in [-0.15, -0.1) is 16.4 Å². The predicted molar refractivity (Wildman–Crippen MR) is 290 cm³/mol. The lowest BCUT2D eigenvalue weighted by Crippen LogP contribution is -2.56. The molecule has 0 aliphatic carbocycles. The summed E-state index contributed by atoms with van der Waals surface area (Å²) in [4.78, 5) is 15.7. The van der Waals surface area contributed by atoms with E-state index < -0.39 is 0 Å². The lowest BCUT2D eigenvalue weighted by Gasteiger charge is -2.23. The molecular weight excluding hydrogens is 717 g/mol. The van der Waals surface area contributed by atoms with Crippen LogP contribution in [0.2, 0.25) is 0 Å². The first-order valence-electron chi connectivity index (χ1n) is 21.0. The van der Waals surface area contributed by atoms with Gasteiger partial charge >= 0.3 is 0 Å². The Kier molecular flexibility index (Phi) is 10.1. The Labute approximate surface area is 362 Å². The molecule has 0 N–H and O–H groups in total. The van der Waals surface area contributed by atoms with E-state index in [9.17, 15) is 0 Å². The second kappa shape index (κ2) is 15.3. The van der Waals surface area contributed by atoms with Gasteiger partial charge in [-0.05, 0) is 27.8 Å². The van der Waals surface area contributed by atoms with E-state index in [0.717, 1.165) is 60.8 Å². The SMILES string of the molecule is Bc1c(B)c(B)c(-c2c(B)c(B)c(B)c3c2oc2c(B)c(B)c(-c4nc(-c5ccccc5)nc(-c5ccc(-c6ccc(-c7ccccc7)cc6)cc5)n4)c(B)c23)c(B)c1B. The molecule has 0 bridgehead atoms. The summed E-state index contributed by atoms with van der Waals surface area (Å²) in [5.74, 6) is 1.94. The monoisotopic (exact) mass is 759 g/mol. The Hall–Kier alpha value is -5.94. The summed E-state index contributed by atoms with van der Waals surface area (Å²) in [6.07, 6.45) is 0. The normalized spacial score (nSPS) is 11.4. The second-order valence-corrected chi connectivity index (χ2v) is 16.7. The summed E-state index contributed by atoms with van der Waals surface area (Å²) in [6.45, 7) is 0. The fraction of sp³-hybridized carbons (Fsp3) is 0.